The standard InChI is InChI=1S/C17H23N3O/c1-5-10-18-16-12(3)13(4)19-17(20-16)14-8-7-9-15(11-14)21-6-2/h7-9,11H,5-6,10H2,1-4H3,(H,18,19,20). The first-order chi connectivity index (χ1) is 10.2. The predicted octanol–water partition coefficient (Wildman–Crippen LogP) is 3.98. The summed E-state index contributed by atoms with van der Waals surface area (Å²) in [7, 11) is 0. The zero-order chi connectivity index (χ0) is 15.2. The molecule has 0 fully saturated rings. The normalized spacial score (nSPS) is 10.5. The fraction of sp³-hybridized carbons (Fsp3) is 0.412. The second-order valence-electron chi connectivity index (χ2n) is 4.99. The van der Waals surface area contributed by atoms with E-state index in [1.165, 1.54) is 0 Å². The number of hydrogen-bond donors (Lipinski definition) is 1. The lowest BCUT2D eigenvalue weighted by molar-refractivity contribution is 0.340. The van der Waals surface area contributed by atoms with E-state index in [2.05, 4.69) is 22.2 Å². The first kappa shape index (κ1) is 15.3. The molecule has 0 amide bonds. The molecular weight excluding hydrogens is 262 g/mol. The Morgan fingerprint density at radius 3 is 2.67 bits per heavy atom. The third kappa shape index (κ3) is 3.72. The Bertz CT molecular complexity index is 611. The van der Waals surface area contributed by atoms with Gasteiger partial charge in [0.2, 0.25) is 0 Å². The monoisotopic (exact) mass is 285 g/mol. The van der Waals surface area contributed by atoms with Crippen LogP contribution in [0, 0.1) is 13.8 Å². The maximum atomic E-state index is 5.55. The van der Waals surface area contributed by atoms with E-state index in [1.807, 2.05) is 45.0 Å². The average Bonchev–Trinajstić information content (AvgIpc) is 2.49. The van der Waals surface area contributed by atoms with Gasteiger partial charge in [-0.3, -0.25) is 0 Å². The molecule has 0 saturated carbocycles. The zero-order valence-electron chi connectivity index (χ0n) is 13.2. The number of ether oxygens (including phenoxy) is 1. The largest absolute Gasteiger partial charge is 0.494 e. The van der Waals surface area contributed by atoms with Crippen molar-refractivity contribution in [2.24, 2.45) is 0 Å². The Kier molecular flexibility index (Phi) is 5.14. The molecule has 1 N–H and O–H groups in total. The SMILES string of the molecule is CCCNc1nc(-c2cccc(OCC)c2)nc(C)c1C. The molecule has 4 heteroatoms. The van der Waals surface area contributed by atoms with Gasteiger partial charge in [0.1, 0.15) is 11.6 Å². The van der Waals surface area contributed by atoms with Crippen LogP contribution in [0.5, 0.6) is 5.75 Å². The van der Waals surface area contributed by atoms with E-state index in [1.54, 1.807) is 0 Å². The molecule has 0 radical (unpaired) electrons. The van der Waals surface area contributed by atoms with Crippen LogP contribution in [-0.2, 0) is 0 Å². The van der Waals surface area contributed by atoms with Crippen molar-refractivity contribution >= 4 is 5.82 Å². The highest BCUT2D eigenvalue weighted by Gasteiger charge is 2.10. The molecule has 0 bridgehead atoms. The third-order valence-corrected chi connectivity index (χ3v) is 3.33. The highest BCUT2D eigenvalue weighted by atomic mass is 16.5. The molecular formula is C17H23N3O. The number of aromatic nitrogens is 2. The molecule has 0 saturated heterocycles. The molecule has 0 aliphatic carbocycles. The van der Waals surface area contributed by atoms with E-state index in [0.29, 0.717) is 6.61 Å². The minimum absolute atomic E-state index is 0.653. The average molecular weight is 285 g/mol. The molecule has 0 aliphatic heterocycles. The molecule has 1 aromatic carbocycles. The highest BCUT2D eigenvalue weighted by molar-refractivity contribution is 5.61. The van der Waals surface area contributed by atoms with Gasteiger partial charge in [-0.25, -0.2) is 9.97 Å². The van der Waals surface area contributed by atoms with Crippen LogP contribution in [0.15, 0.2) is 24.3 Å². The number of nitrogens with zero attached hydrogens (tertiary/aromatic N) is 2. The van der Waals surface area contributed by atoms with Crippen LogP contribution in [0.1, 0.15) is 31.5 Å². The number of rotatable bonds is 6. The summed E-state index contributed by atoms with van der Waals surface area (Å²) in [5.74, 6) is 2.50. The lowest BCUT2D eigenvalue weighted by Crippen LogP contribution is -2.07. The second-order valence-corrected chi connectivity index (χ2v) is 4.99. The number of aryl methyl sites for hydroxylation is 1. The smallest absolute Gasteiger partial charge is 0.161 e. The first-order valence-electron chi connectivity index (χ1n) is 7.48. The van der Waals surface area contributed by atoms with Gasteiger partial charge in [-0.05, 0) is 39.3 Å². The Morgan fingerprint density at radius 1 is 1.14 bits per heavy atom. The highest BCUT2D eigenvalue weighted by Crippen LogP contribution is 2.24. The molecule has 0 atom stereocenters. The van der Waals surface area contributed by atoms with Gasteiger partial charge in [-0.2, -0.15) is 0 Å². The van der Waals surface area contributed by atoms with Crippen molar-refractivity contribution in [3.63, 3.8) is 0 Å². The molecule has 0 unspecified atom stereocenters. The van der Waals surface area contributed by atoms with Crippen LogP contribution in [0.2, 0.25) is 0 Å². The van der Waals surface area contributed by atoms with E-state index in [0.717, 1.165) is 47.2 Å². The van der Waals surface area contributed by atoms with Gasteiger partial charge in [0, 0.05) is 23.4 Å². The van der Waals surface area contributed by atoms with Gasteiger partial charge < -0.3 is 10.1 Å². The van der Waals surface area contributed by atoms with Crippen LogP contribution in [0.25, 0.3) is 11.4 Å². The third-order valence-electron chi connectivity index (χ3n) is 3.33. The maximum Gasteiger partial charge on any atom is 0.161 e. The van der Waals surface area contributed by atoms with Crippen molar-refractivity contribution in [2.45, 2.75) is 34.1 Å². The van der Waals surface area contributed by atoms with E-state index in [4.69, 9.17) is 4.74 Å². The number of hydrogen-bond acceptors (Lipinski definition) is 4. The maximum absolute atomic E-state index is 5.55. The van der Waals surface area contributed by atoms with Gasteiger partial charge in [-0.1, -0.05) is 19.1 Å². The van der Waals surface area contributed by atoms with Crippen molar-refractivity contribution in [3.05, 3.63) is 35.5 Å². The summed E-state index contributed by atoms with van der Waals surface area (Å²) in [4.78, 5) is 9.27. The summed E-state index contributed by atoms with van der Waals surface area (Å²) in [5.41, 5.74) is 3.08. The Balaban J connectivity index is 2.39. The fourth-order valence-electron chi connectivity index (χ4n) is 2.07. The molecule has 0 aliphatic rings. The quantitative estimate of drug-likeness (QED) is 0.872. The van der Waals surface area contributed by atoms with Crippen LogP contribution < -0.4 is 10.1 Å². The minimum atomic E-state index is 0.653. The Hall–Kier alpha value is -2.10. The van der Waals surface area contributed by atoms with Gasteiger partial charge in [0.05, 0.1) is 6.61 Å². The van der Waals surface area contributed by atoms with Gasteiger partial charge in [0.15, 0.2) is 5.82 Å². The topological polar surface area (TPSA) is 47.0 Å². The van der Waals surface area contributed by atoms with Crippen molar-refractivity contribution in [2.75, 3.05) is 18.5 Å². The molecule has 2 aromatic rings. The van der Waals surface area contributed by atoms with Gasteiger partial charge in [-0.15, -0.1) is 0 Å². The summed E-state index contributed by atoms with van der Waals surface area (Å²) in [5, 5.41) is 3.37. The van der Waals surface area contributed by atoms with Crippen LogP contribution in [0.3, 0.4) is 0 Å². The molecule has 21 heavy (non-hydrogen) atoms. The lowest BCUT2D eigenvalue weighted by atomic mass is 10.1. The van der Waals surface area contributed by atoms with Crippen molar-refractivity contribution in [1.82, 2.24) is 9.97 Å². The molecule has 1 heterocycles. The Morgan fingerprint density at radius 2 is 1.95 bits per heavy atom. The van der Waals surface area contributed by atoms with E-state index in [-0.39, 0.29) is 0 Å². The van der Waals surface area contributed by atoms with Gasteiger partial charge in [0.25, 0.3) is 0 Å². The molecule has 4 nitrogen and oxygen atoms in total. The number of anilines is 1. The van der Waals surface area contributed by atoms with Crippen molar-refractivity contribution in [3.8, 4) is 17.1 Å². The van der Waals surface area contributed by atoms with Crippen molar-refractivity contribution < 1.29 is 4.74 Å². The fourth-order valence-corrected chi connectivity index (χ4v) is 2.07. The zero-order valence-corrected chi connectivity index (χ0v) is 13.2. The van der Waals surface area contributed by atoms with Crippen LogP contribution in [0.4, 0.5) is 5.82 Å². The number of benzene rings is 1. The van der Waals surface area contributed by atoms with Gasteiger partial charge >= 0.3 is 0 Å². The molecule has 1 aromatic heterocycles. The van der Waals surface area contributed by atoms with E-state index < -0.39 is 0 Å². The summed E-state index contributed by atoms with van der Waals surface area (Å²) in [6.45, 7) is 9.75. The van der Waals surface area contributed by atoms with E-state index in [9.17, 15) is 0 Å². The molecule has 112 valence electrons. The van der Waals surface area contributed by atoms with Crippen LogP contribution >= 0.6 is 0 Å². The Labute approximate surface area is 126 Å². The first-order valence-corrected chi connectivity index (χ1v) is 7.48. The number of nitrogens with one attached hydrogen (secondary N) is 1. The lowest BCUT2D eigenvalue weighted by Gasteiger charge is -2.12. The van der Waals surface area contributed by atoms with Crippen molar-refractivity contribution in [1.29, 1.82) is 0 Å². The molecule has 0 spiro atoms. The van der Waals surface area contributed by atoms with E-state index >= 15 is 0 Å². The summed E-state index contributed by atoms with van der Waals surface area (Å²) in [6, 6.07) is 7.91. The molecule has 2 rings (SSSR count). The van der Waals surface area contributed by atoms with Crippen LogP contribution in [-0.4, -0.2) is 23.1 Å². The second kappa shape index (κ2) is 7.07. The summed E-state index contributed by atoms with van der Waals surface area (Å²) >= 11 is 0. The minimum Gasteiger partial charge on any atom is -0.494 e. The summed E-state index contributed by atoms with van der Waals surface area (Å²) in [6.07, 6.45) is 1.07. The predicted molar refractivity (Wildman–Crippen MR) is 86.9 cm³/mol. The summed E-state index contributed by atoms with van der Waals surface area (Å²) < 4.78 is 5.55.